The van der Waals surface area contributed by atoms with Gasteiger partial charge in [-0.2, -0.15) is 0 Å². The standard InChI is InChI=1S/C18H17N3O6S/c1-10-5-11(2)7-12(6-10)21(9-16(22)23)28(26,27)13-3-4-14-15(8-13)20-18(25)17(24)19-14/h3-8H,9H2,1-2H3,(H,19,24)(H,20,25)(H,22,23)/p-1. The first-order chi connectivity index (χ1) is 13.1. The minimum atomic E-state index is -4.30. The highest BCUT2D eigenvalue weighted by molar-refractivity contribution is 7.92. The van der Waals surface area contributed by atoms with Crippen LogP contribution < -0.4 is 20.5 Å². The average molecular weight is 402 g/mol. The molecule has 0 aliphatic rings. The van der Waals surface area contributed by atoms with Gasteiger partial charge in [0.2, 0.25) is 0 Å². The summed E-state index contributed by atoms with van der Waals surface area (Å²) < 4.78 is 27.0. The predicted molar refractivity (Wildman–Crippen MR) is 101 cm³/mol. The SMILES string of the molecule is Cc1cc(C)cc(N(CC(=O)[O-])S(=O)(=O)c2ccc3[nH]c(=O)c(=O)[nH]c3c2)c1. The van der Waals surface area contributed by atoms with E-state index >= 15 is 0 Å². The van der Waals surface area contributed by atoms with Crippen LogP contribution in [0.4, 0.5) is 5.69 Å². The van der Waals surface area contributed by atoms with Crippen molar-refractivity contribution in [3.8, 4) is 0 Å². The van der Waals surface area contributed by atoms with E-state index in [0.717, 1.165) is 21.5 Å². The van der Waals surface area contributed by atoms with Crippen molar-refractivity contribution in [2.45, 2.75) is 18.7 Å². The number of sulfonamides is 1. The van der Waals surface area contributed by atoms with Crippen molar-refractivity contribution in [2.75, 3.05) is 10.8 Å². The third-order valence-electron chi connectivity index (χ3n) is 4.05. The van der Waals surface area contributed by atoms with Gasteiger partial charge in [-0.1, -0.05) is 6.07 Å². The molecule has 2 aromatic carbocycles. The molecule has 9 nitrogen and oxygen atoms in total. The normalized spacial score (nSPS) is 11.5. The number of nitrogens with one attached hydrogen (secondary N) is 2. The number of anilines is 1. The number of aliphatic carboxylic acids is 1. The van der Waals surface area contributed by atoms with E-state index in [2.05, 4.69) is 9.97 Å². The van der Waals surface area contributed by atoms with Crippen LogP contribution in [0.5, 0.6) is 0 Å². The smallest absolute Gasteiger partial charge is 0.314 e. The Bertz CT molecular complexity index is 1290. The zero-order chi connectivity index (χ0) is 20.6. The fourth-order valence-corrected chi connectivity index (χ4v) is 4.33. The largest absolute Gasteiger partial charge is 0.548 e. The third kappa shape index (κ3) is 3.67. The molecule has 2 N–H and O–H groups in total. The van der Waals surface area contributed by atoms with E-state index in [1.165, 1.54) is 12.1 Å². The van der Waals surface area contributed by atoms with Gasteiger partial charge in [-0.25, -0.2) is 8.42 Å². The molecule has 0 bridgehead atoms. The van der Waals surface area contributed by atoms with Crippen LogP contribution in [0.25, 0.3) is 11.0 Å². The molecule has 0 aliphatic carbocycles. The summed E-state index contributed by atoms with van der Waals surface area (Å²) in [7, 11) is -4.30. The van der Waals surface area contributed by atoms with Crippen LogP contribution in [0.1, 0.15) is 11.1 Å². The van der Waals surface area contributed by atoms with E-state index in [9.17, 15) is 27.9 Å². The Kier molecular flexibility index (Phi) is 4.82. The quantitative estimate of drug-likeness (QED) is 0.565. The van der Waals surface area contributed by atoms with Crippen LogP contribution in [0, 0.1) is 13.8 Å². The van der Waals surface area contributed by atoms with Crippen LogP contribution in [0.15, 0.2) is 50.9 Å². The maximum Gasteiger partial charge on any atom is 0.314 e. The van der Waals surface area contributed by atoms with Gasteiger partial charge in [0.1, 0.15) is 0 Å². The van der Waals surface area contributed by atoms with Crippen molar-refractivity contribution >= 4 is 32.7 Å². The Balaban J connectivity index is 2.19. The summed E-state index contributed by atoms with van der Waals surface area (Å²) in [6.45, 7) is 2.64. The number of fused-ring (bicyclic) bond motifs is 1. The highest BCUT2D eigenvalue weighted by Crippen LogP contribution is 2.26. The molecule has 1 aromatic heterocycles. The van der Waals surface area contributed by atoms with Crippen molar-refractivity contribution < 1.29 is 18.3 Å². The molecule has 1 heterocycles. The van der Waals surface area contributed by atoms with Gasteiger partial charge < -0.3 is 19.9 Å². The zero-order valence-electron chi connectivity index (χ0n) is 15.0. The highest BCUT2D eigenvalue weighted by Gasteiger charge is 2.26. The molecule has 0 aliphatic heterocycles. The van der Waals surface area contributed by atoms with Gasteiger partial charge in [-0.3, -0.25) is 13.9 Å². The maximum atomic E-state index is 13.2. The minimum Gasteiger partial charge on any atom is -0.548 e. The second kappa shape index (κ2) is 6.97. The van der Waals surface area contributed by atoms with Crippen molar-refractivity contribution in [3.05, 3.63) is 68.2 Å². The first-order valence-corrected chi connectivity index (χ1v) is 9.59. The highest BCUT2D eigenvalue weighted by atomic mass is 32.2. The number of hydrogen-bond acceptors (Lipinski definition) is 6. The zero-order valence-corrected chi connectivity index (χ0v) is 15.8. The molecule has 0 saturated carbocycles. The minimum absolute atomic E-state index is 0.0968. The van der Waals surface area contributed by atoms with Crippen LogP contribution in [-0.4, -0.2) is 30.9 Å². The fourth-order valence-electron chi connectivity index (χ4n) is 2.91. The summed E-state index contributed by atoms with van der Waals surface area (Å²) >= 11 is 0. The number of benzene rings is 2. The molecular weight excluding hydrogens is 386 g/mol. The lowest BCUT2D eigenvalue weighted by atomic mass is 10.1. The lowest BCUT2D eigenvalue weighted by Crippen LogP contribution is -2.41. The van der Waals surface area contributed by atoms with Crippen LogP contribution >= 0.6 is 0 Å². The Morgan fingerprint density at radius 1 is 0.964 bits per heavy atom. The summed E-state index contributed by atoms with van der Waals surface area (Å²) in [5, 5.41) is 11.2. The van der Waals surface area contributed by atoms with Gasteiger partial charge in [0, 0.05) is 0 Å². The molecular formula is C18H16N3O6S-. The van der Waals surface area contributed by atoms with Crippen LogP contribution in [0.3, 0.4) is 0 Å². The molecule has 0 atom stereocenters. The second-order valence-electron chi connectivity index (χ2n) is 6.35. The van der Waals surface area contributed by atoms with Crippen molar-refractivity contribution in [1.29, 1.82) is 0 Å². The number of nitrogens with zero attached hydrogens (tertiary/aromatic N) is 1. The molecule has 3 aromatic rings. The van der Waals surface area contributed by atoms with Crippen LogP contribution in [0.2, 0.25) is 0 Å². The first kappa shape index (κ1) is 19.4. The summed E-state index contributed by atoms with van der Waals surface area (Å²) in [4.78, 5) is 38.5. The van der Waals surface area contributed by atoms with Gasteiger partial charge in [0.15, 0.2) is 0 Å². The average Bonchev–Trinajstić information content (AvgIpc) is 2.59. The molecule has 0 amide bonds. The number of aromatic amines is 2. The van der Waals surface area contributed by atoms with Gasteiger partial charge in [0.05, 0.1) is 34.1 Å². The maximum absolute atomic E-state index is 13.2. The number of H-pyrrole nitrogens is 2. The topological polar surface area (TPSA) is 143 Å². The molecule has 0 fully saturated rings. The fraction of sp³-hybridized carbons (Fsp3) is 0.167. The van der Waals surface area contributed by atoms with Gasteiger partial charge in [-0.15, -0.1) is 0 Å². The van der Waals surface area contributed by atoms with E-state index in [1.54, 1.807) is 26.0 Å². The molecule has 28 heavy (non-hydrogen) atoms. The predicted octanol–water partition coefficient (Wildman–Crippen LogP) is -0.222. The Morgan fingerprint density at radius 2 is 1.54 bits per heavy atom. The molecule has 0 spiro atoms. The number of aryl methyl sites for hydroxylation is 2. The van der Waals surface area contributed by atoms with Crippen molar-refractivity contribution in [1.82, 2.24) is 9.97 Å². The van der Waals surface area contributed by atoms with E-state index in [1.807, 2.05) is 6.07 Å². The van der Waals surface area contributed by atoms with Crippen molar-refractivity contribution in [2.24, 2.45) is 0 Å². The number of rotatable bonds is 5. The number of carboxylic acids is 1. The number of carboxylic acid groups (broad SMARTS) is 1. The summed E-state index contributed by atoms with van der Waals surface area (Å²) in [6, 6.07) is 8.62. The number of carbonyl (C=O) groups excluding carboxylic acids is 1. The first-order valence-electron chi connectivity index (χ1n) is 8.15. The Morgan fingerprint density at radius 3 is 2.11 bits per heavy atom. The summed E-state index contributed by atoms with van der Waals surface area (Å²) in [5.74, 6) is -1.57. The Hall–Kier alpha value is -3.40. The third-order valence-corrected chi connectivity index (χ3v) is 5.82. The lowest BCUT2D eigenvalue weighted by molar-refractivity contribution is -0.303. The van der Waals surface area contributed by atoms with Crippen LogP contribution in [-0.2, 0) is 14.8 Å². The molecule has 0 saturated heterocycles. The molecule has 0 unspecified atom stereocenters. The second-order valence-corrected chi connectivity index (χ2v) is 8.21. The number of hydrogen-bond donors (Lipinski definition) is 2. The lowest BCUT2D eigenvalue weighted by Gasteiger charge is -2.25. The number of carbonyl (C=O) groups is 1. The molecule has 146 valence electrons. The van der Waals surface area contributed by atoms with Gasteiger partial charge in [-0.05, 0) is 55.3 Å². The van der Waals surface area contributed by atoms with Gasteiger partial charge in [0.25, 0.3) is 10.0 Å². The monoisotopic (exact) mass is 402 g/mol. The summed E-state index contributed by atoms with van der Waals surface area (Å²) in [5.41, 5.74) is 0.237. The van der Waals surface area contributed by atoms with E-state index in [-0.39, 0.29) is 21.6 Å². The van der Waals surface area contributed by atoms with Crippen molar-refractivity contribution in [3.63, 3.8) is 0 Å². The number of aromatic nitrogens is 2. The molecule has 3 rings (SSSR count). The molecule has 0 radical (unpaired) electrons. The van der Waals surface area contributed by atoms with Gasteiger partial charge >= 0.3 is 11.1 Å². The van der Waals surface area contributed by atoms with E-state index in [4.69, 9.17) is 0 Å². The van der Waals surface area contributed by atoms with E-state index < -0.39 is 33.7 Å². The summed E-state index contributed by atoms with van der Waals surface area (Å²) in [6.07, 6.45) is 0. The Labute approximate surface area is 159 Å². The molecule has 10 heteroatoms. The van der Waals surface area contributed by atoms with E-state index in [0.29, 0.717) is 0 Å².